The van der Waals surface area contributed by atoms with Crippen molar-refractivity contribution in [1.82, 2.24) is 14.8 Å². The molecule has 10 nitrogen and oxygen atoms in total. The summed E-state index contributed by atoms with van der Waals surface area (Å²) in [5.41, 5.74) is 2.63. The molecule has 10 heteroatoms. The van der Waals surface area contributed by atoms with Crippen LogP contribution < -0.4 is 0 Å². The van der Waals surface area contributed by atoms with E-state index in [1.165, 1.54) is 4.90 Å². The Labute approximate surface area is 219 Å². The van der Waals surface area contributed by atoms with Crippen LogP contribution in [0.25, 0.3) is 10.9 Å². The second-order valence-electron chi connectivity index (χ2n) is 11.1. The van der Waals surface area contributed by atoms with E-state index in [9.17, 15) is 19.8 Å². The summed E-state index contributed by atoms with van der Waals surface area (Å²) in [7, 11) is 0. The van der Waals surface area contributed by atoms with E-state index in [0.717, 1.165) is 16.5 Å². The molecule has 3 aromatic rings. The zero-order valence-corrected chi connectivity index (χ0v) is 21.4. The van der Waals surface area contributed by atoms with Crippen LogP contribution in [0.4, 0.5) is 10.5 Å². The van der Waals surface area contributed by atoms with E-state index in [-0.39, 0.29) is 36.4 Å². The normalized spacial score (nSPS) is 23.3. The average molecular weight is 516 g/mol. The van der Waals surface area contributed by atoms with Crippen LogP contribution >= 0.6 is 0 Å². The maximum Gasteiger partial charge on any atom is 0.407 e. The Bertz CT molecular complexity index is 1530. The Morgan fingerprint density at radius 2 is 1.92 bits per heavy atom. The number of aromatic hydroxyl groups is 1. The van der Waals surface area contributed by atoms with Crippen LogP contribution in [0.3, 0.4) is 0 Å². The Kier molecular flexibility index (Phi) is 5.27. The van der Waals surface area contributed by atoms with E-state index in [2.05, 4.69) is 10.1 Å². The average Bonchev–Trinajstić information content (AvgIpc) is 3.62. The van der Waals surface area contributed by atoms with Gasteiger partial charge >= 0.3 is 6.09 Å². The lowest BCUT2D eigenvalue weighted by Gasteiger charge is -2.48. The Balaban J connectivity index is 1.25. The number of aromatic nitrogens is 1. The predicted molar refractivity (Wildman–Crippen MR) is 142 cm³/mol. The summed E-state index contributed by atoms with van der Waals surface area (Å²) in [6, 6.07) is 14.8. The SMILES string of the molecule is CC(C)(C)[C@]12C[C@@H](CN1C(=O)O)N(C(=O)CO/N=C1/C(c3c(O)[nH]c4ccccc34)=Nc3ccccc31)C2. The lowest BCUT2D eigenvalue weighted by Crippen LogP contribution is -2.62. The van der Waals surface area contributed by atoms with Crippen molar-refractivity contribution in [1.29, 1.82) is 0 Å². The molecule has 196 valence electrons. The number of carbonyl (C=O) groups is 2. The fraction of sp³-hybridized carbons (Fsp3) is 0.357. The van der Waals surface area contributed by atoms with Gasteiger partial charge in [-0.25, -0.2) is 9.79 Å². The van der Waals surface area contributed by atoms with Crippen molar-refractivity contribution in [2.45, 2.75) is 38.8 Å². The fourth-order valence-electron chi connectivity index (χ4n) is 6.16. The minimum Gasteiger partial charge on any atom is -0.494 e. The predicted octanol–water partition coefficient (Wildman–Crippen LogP) is 4.11. The maximum absolute atomic E-state index is 13.2. The molecule has 6 rings (SSSR count). The number of rotatable bonds is 4. The molecule has 3 aliphatic rings. The molecule has 2 amide bonds. The van der Waals surface area contributed by atoms with Crippen molar-refractivity contribution in [3.05, 3.63) is 59.7 Å². The third-order valence-electron chi connectivity index (χ3n) is 8.19. The molecular weight excluding hydrogens is 486 g/mol. The van der Waals surface area contributed by atoms with Crippen molar-refractivity contribution in [2.75, 3.05) is 19.7 Å². The number of nitrogens with one attached hydrogen (secondary N) is 1. The van der Waals surface area contributed by atoms with Crippen LogP contribution in [0.2, 0.25) is 0 Å². The molecule has 3 N–H and O–H groups in total. The van der Waals surface area contributed by atoms with E-state index in [1.807, 2.05) is 69.3 Å². The summed E-state index contributed by atoms with van der Waals surface area (Å²) in [6.07, 6.45) is -0.350. The van der Waals surface area contributed by atoms with Crippen LogP contribution in [0, 0.1) is 5.41 Å². The van der Waals surface area contributed by atoms with E-state index in [1.54, 1.807) is 4.90 Å². The first kappa shape index (κ1) is 24.0. The van der Waals surface area contributed by atoms with Gasteiger partial charge in [-0.05, 0) is 24.0 Å². The van der Waals surface area contributed by atoms with Crippen LogP contribution in [0.15, 0.2) is 58.7 Å². The first-order chi connectivity index (χ1) is 18.1. The van der Waals surface area contributed by atoms with Crippen molar-refractivity contribution >= 4 is 40.0 Å². The maximum atomic E-state index is 13.2. The number of likely N-dealkylation sites (tertiary alicyclic amines) is 2. The summed E-state index contributed by atoms with van der Waals surface area (Å²) in [4.78, 5) is 41.7. The smallest absolute Gasteiger partial charge is 0.407 e. The minimum atomic E-state index is -0.954. The first-order valence-corrected chi connectivity index (χ1v) is 12.6. The fourth-order valence-corrected chi connectivity index (χ4v) is 6.16. The number of piperazine rings is 1. The molecule has 3 aliphatic heterocycles. The monoisotopic (exact) mass is 515 g/mol. The number of amides is 2. The van der Waals surface area contributed by atoms with E-state index >= 15 is 0 Å². The first-order valence-electron chi connectivity index (χ1n) is 12.6. The topological polar surface area (TPSA) is 131 Å². The molecule has 4 heterocycles. The van der Waals surface area contributed by atoms with Crippen LogP contribution in [-0.2, 0) is 9.63 Å². The summed E-state index contributed by atoms with van der Waals surface area (Å²) in [5, 5.41) is 25.6. The Hall–Kier alpha value is -4.34. The number of nitrogens with zero attached hydrogens (tertiary/aromatic N) is 4. The van der Waals surface area contributed by atoms with Gasteiger partial charge in [0.1, 0.15) is 11.4 Å². The number of para-hydroxylation sites is 2. The van der Waals surface area contributed by atoms with Gasteiger partial charge in [-0.15, -0.1) is 0 Å². The molecule has 2 fully saturated rings. The molecule has 0 aliphatic carbocycles. The Morgan fingerprint density at radius 1 is 1.18 bits per heavy atom. The Morgan fingerprint density at radius 3 is 2.68 bits per heavy atom. The van der Waals surface area contributed by atoms with Gasteiger partial charge in [-0.3, -0.25) is 9.69 Å². The minimum absolute atomic E-state index is 0.0231. The zero-order valence-electron chi connectivity index (χ0n) is 21.4. The number of oxime groups is 1. The number of aromatic amines is 1. The van der Waals surface area contributed by atoms with Gasteiger partial charge < -0.3 is 24.9 Å². The number of aliphatic imine (C=N–C) groups is 1. The van der Waals surface area contributed by atoms with Gasteiger partial charge in [0.2, 0.25) is 0 Å². The molecule has 0 saturated carbocycles. The second kappa shape index (κ2) is 8.34. The highest BCUT2D eigenvalue weighted by molar-refractivity contribution is 6.58. The lowest BCUT2D eigenvalue weighted by molar-refractivity contribution is -0.140. The van der Waals surface area contributed by atoms with E-state index in [4.69, 9.17) is 9.83 Å². The lowest BCUT2D eigenvalue weighted by atomic mass is 9.73. The molecule has 0 spiro atoms. The van der Waals surface area contributed by atoms with Crippen molar-refractivity contribution in [3.63, 3.8) is 0 Å². The number of carbonyl (C=O) groups excluding carboxylic acids is 1. The number of H-pyrrole nitrogens is 1. The van der Waals surface area contributed by atoms with Gasteiger partial charge in [-0.1, -0.05) is 62.3 Å². The van der Waals surface area contributed by atoms with Crippen LogP contribution in [-0.4, -0.2) is 79.7 Å². The third-order valence-corrected chi connectivity index (χ3v) is 8.19. The van der Waals surface area contributed by atoms with Gasteiger partial charge in [0.05, 0.1) is 22.8 Å². The van der Waals surface area contributed by atoms with Gasteiger partial charge in [0, 0.05) is 29.6 Å². The quantitative estimate of drug-likeness (QED) is 0.450. The third kappa shape index (κ3) is 3.47. The molecule has 2 aromatic carbocycles. The van der Waals surface area contributed by atoms with Crippen molar-refractivity contribution in [2.24, 2.45) is 15.6 Å². The summed E-state index contributed by atoms with van der Waals surface area (Å²) in [5.74, 6) is -0.264. The molecule has 38 heavy (non-hydrogen) atoms. The number of benzene rings is 2. The zero-order chi connectivity index (χ0) is 26.8. The summed E-state index contributed by atoms with van der Waals surface area (Å²) in [6.45, 7) is 6.37. The molecular formula is C28H29N5O5. The largest absolute Gasteiger partial charge is 0.494 e. The highest BCUT2D eigenvalue weighted by Crippen LogP contribution is 2.50. The van der Waals surface area contributed by atoms with E-state index < -0.39 is 11.6 Å². The van der Waals surface area contributed by atoms with Gasteiger partial charge in [0.25, 0.3) is 5.91 Å². The van der Waals surface area contributed by atoms with Gasteiger partial charge in [0.15, 0.2) is 12.5 Å². The van der Waals surface area contributed by atoms with Crippen molar-refractivity contribution in [3.8, 4) is 5.88 Å². The second-order valence-corrected chi connectivity index (χ2v) is 11.1. The number of hydrogen-bond acceptors (Lipinski definition) is 6. The molecule has 2 bridgehead atoms. The van der Waals surface area contributed by atoms with Gasteiger partial charge in [-0.2, -0.15) is 0 Å². The molecule has 1 aromatic heterocycles. The van der Waals surface area contributed by atoms with E-state index in [0.29, 0.717) is 35.6 Å². The summed E-state index contributed by atoms with van der Waals surface area (Å²) < 4.78 is 0. The van der Waals surface area contributed by atoms with Crippen LogP contribution in [0.5, 0.6) is 5.88 Å². The highest BCUT2D eigenvalue weighted by atomic mass is 16.6. The van der Waals surface area contributed by atoms with Crippen molar-refractivity contribution < 1.29 is 24.6 Å². The summed E-state index contributed by atoms with van der Waals surface area (Å²) >= 11 is 0. The molecule has 2 atom stereocenters. The highest BCUT2D eigenvalue weighted by Gasteiger charge is 2.62. The molecule has 0 unspecified atom stereocenters. The molecule has 2 saturated heterocycles. The van der Waals surface area contributed by atoms with Crippen LogP contribution in [0.1, 0.15) is 38.3 Å². The number of fused-ring (bicyclic) bond motifs is 4. The number of hydrogen-bond donors (Lipinski definition) is 3. The standard InChI is InChI=1S/C28H29N5O5/c1-27(2,3)28-12-16(13-33(28)26(36)37)32(15-28)21(34)14-38-31-23-18-9-5-7-11-20(18)29-24(23)22-17-8-4-6-10-19(17)30-25(22)35/h4-11,16,30,35H,12-15H2,1-3H3,(H,36,37)/b31-23+/t16-,28+/m0/s1. The number of carboxylic acid groups (broad SMARTS) is 1. The molecule has 0 radical (unpaired) electrons.